The molecule has 0 heterocycles. The van der Waals surface area contributed by atoms with Crippen LogP contribution in [0.5, 0.6) is 0 Å². The summed E-state index contributed by atoms with van der Waals surface area (Å²) in [6, 6.07) is 6.21. The van der Waals surface area contributed by atoms with E-state index in [1.54, 1.807) is 12.1 Å². The lowest BCUT2D eigenvalue weighted by molar-refractivity contribution is -0.116. The fraction of sp³-hybridized carbons (Fsp3) is 0.364. The number of amides is 1. The second kappa shape index (κ2) is 7.42. The maximum atomic E-state index is 11.4. The molecular formula is C11H14ClNO3S. The third-order valence-corrected chi connectivity index (χ3v) is 3.07. The Morgan fingerprint density at radius 1 is 1.29 bits per heavy atom. The smallest absolute Gasteiger partial charge is 0.224 e. The average Bonchev–Trinajstić information content (AvgIpc) is 2.30. The first-order valence-corrected chi connectivity index (χ1v) is 6.84. The normalized spacial score (nSPS) is 12.1. The summed E-state index contributed by atoms with van der Waals surface area (Å²) in [6.45, 7) is 0. The molecule has 1 aromatic rings. The number of rotatable bonds is 6. The number of hydrogen-bond acceptors (Lipinski definition) is 2. The van der Waals surface area contributed by atoms with Gasteiger partial charge in [-0.05, 0) is 37.1 Å². The number of alkyl halides is 1. The highest BCUT2D eigenvalue weighted by molar-refractivity contribution is 7.79. The third-order valence-electron chi connectivity index (χ3n) is 2.13. The Kier molecular flexibility index (Phi) is 6.18. The van der Waals surface area contributed by atoms with Gasteiger partial charge in [0.1, 0.15) is 0 Å². The number of hydrogen-bond donors (Lipinski definition) is 2. The van der Waals surface area contributed by atoms with E-state index in [2.05, 4.69) is 5.32 Å². The Balaban J connectivity index is 2.46. The maximum Gasteiger partial charge on any atom is 0.224 e. The summed E-state index contributed by atoms with van der Waals surface area (Å²) in [7, 11) is 0. The molecule has 0 aliphatic rings. The van der Waals surface area contributed by atoms with Crippen LogP contribution in [-0.4, -0.2) is 20.5 Å². The van der Waals surface area contributed by atoms with Crippen molar-refractivity contribution in [1.29, 1.82) is 0 Å². The summed E-state index contributed by atoms with van der Waals surface area (Å²) < 4.78 is 19.5. The van der Waals surface area contributed by atoms with Crippen LogP contribution in [0, 0.1) is 0 Å². The van der Waals surface area contributed by atoms with Crippen LogP contribution in [0.1, 0.15) is 19.3 Å². The Morgan fingerprint density at radius 3 is 2.47 bits per heavy atom. The zero-order valence-electron chi connectivity index (χ0n) is 9.19. The third kappa shape index (κ3) is 5.30. The van der Waals surface area contributed by atoms with Crippen molar-refractivity contribution >= 4 is 34.3 Å². The highest BCUT2D eigenvalue weighted by Crippen LogP contribution is 2.12. The molecule has 0 saturated heterocycles. The molecule has 17 heavy (non-hydrogen) atoms. The number of nitrogens with one attached hydrogen (secondary N) is 1. The van der Waals surface area contributed by atoms with Crippen LogP contribution in [0.25, 0.3) is 0 Å². The highest BCUT2D eigenvalue weighted by Gasteiger charge is 2.03. The Bertz CT molecular complexity index is 394. The van der Waals surface area contributed by atoms with Gasteiger partial charge >= 0.3 is 0 Å². The van der Waals surface area contributed by atoms with E-state index in [0.717, 1.165) is 12.8 Å². The van der Waals surface area contributed by atoms with E-state index in [-0.39, 0.29) is 5.91 Å². The SMILES string of the molecule is O=C(CCCCCl)Nc1ccc(S(=O)O)cc1. The van der Waals surface area contributed by atoms with E-state index in [1.165, 1.54) is 12.1 Å². The number of benzene rings is 1. The van der Waals surface area contributed by atoms with E-state index in [9.17, 15) is 9.00 Å². The fourth-order valence-corrected chi connectivity index (χ4v) is 1.82. The lowest BCUT2D eigenvalue weighted by atomic mass is 10.2. The van der Waals surface area contributed by atoms with Gasteiger partial charge in [-0.1, -0.05) is 0 Å². The minimum atomic E-state index is -1.98. The van der Waals surface area contributed by atoms with Crippen LogP contribution in [0.3, 0.4) is 0 Å². The summed E-state index contributed by atoms with van der Waals surface area (Å²) in [6.07, 6.45) is 2.01. The topological polar surface area (TPSA) is 66.4 Å². The molecule has 2 N–H and O–H groups in total. The summed E-state index contributed by atoms with van der Waals surface area (Å²) in [4.78, 5) is 11.8. The van der Waals surface area contributed by atoms with Crippen molar-refractivity contribution in [2.45, 2.75) is 24.2 Å². The molecular weight excluding hydrogens is 262 g/mol. The van der Waals surface area contributed by atoms with Crippen molar-refractivity contribution < 1.29 is 13.6 Å². The fourth-order valence-electron chi connectivity index (χ4n) is 1.26. The summed E-state index contributed by atoms with van der Waals surface area (Å²) in [5.74, 6) is 0.484. The minimum absolute atomic E-state index is 0.0759. The van der Waals surface area contributed by atoms with Crippen LogP contribution in [0.2, 0.25) is 0 Å². The van der Waals surface area contributed by atoms with E-state index in [1.807, 2.05) is 0 Å². The van der Waals surface area contributed by atoms with Crippen molar-refractivity contribution in [3.8, 4) is 0 Å². The summed E-state index contributed by atoms with van der Waals surface area (Å²) in [5.41, 5.74) is 0.620. The molecule has 1 unspecified atom stereocenters. The number of unbranched alkanes of at least 4 members (excludes halogenated alkanes) is 1. The second-order valence-corrected chi connectivity index (χ2v) is 4.82. The summed E-state index contributed by atoms with van der Waals surface area (Å²) >= 11 is 3.52. The molecule has 0 aliphatic carbocycles. The largest absolute Gasteiger partial charge is 0.326 e. The van der Waals surface area contributed by atoms with Crippen molar-refractivity contribution in [2.75, 3.05) is 11.2 Å². The molecule has 94 valence electrons. The van der Waals surface area contributed by atoms with Crippen molar-refractivity contribution in [2.24, 2.45) is 0 Å². The molecule has 1 aromatic carbocycles. The van der Waals surface area contributed by atoms with Gasteiger partial charge < -0.3 is 9.87 Å². The number of carbonyl (C=O) groups is 1. The highest BCUT2D eigenvalue weighted by atomic mass is 35.5. The average molecular weight is 276 g/mol. The lowest BCUT2D eigenvalue weighted by Gasteiger charge is -2.05. The van der Waals surface area contributed by atoms with Gasteiger partial charge in [0.2, 0.25) is 5.91 Å². The first-order valence-electron chi connectivity index (χ1n) is 5.20. The zero-order valence-corrected chi connectivity index (χ0v) is 10.8. The van der Waals surface area contributed by atoms with E-state index >= 15 is 0 Å². The van der Waals surface area contributed by atoms with Gasteiger partial charge in [-0.15, -0.1) is 11.6 Å². The van der Waals surface area contributed by atoms with Gasteiger partial charge in [0.15, 0.2) is 11.1 Å². The molecule has 0 saturated carbocycles. The van der Waals surface area contributed by atoms with Crippen LogP contribution in [0.4, 0.5) is 5.69 Å². The van der Waals surface area contributed by atoms with Gasteiger partial charge in [0.05, 0.1) is 4.90 Å². The molecule has 0 aliphatic heterocycles. The molecule has 0 radical (unpaired) electrons. The van der Waals surface area contributed by atoms with E-state index in [0.29, 0.717) is 22.9 Å². The quantitative estimate of drug-likeness (QED) is 0.476. The Labute approximate surface area is 108 Å². The van der Waals surface area contributed by atoms with Crippen LogP contribution < -0.4 is 5.32 Å². The number of anilines is 1. The summed E-state index contributed by atoms with van der Waals surface area (Å²) in [5, 5.41) is 2.70. The van der Waals surface area contributed by atoms with Gasteiger partial charge in [-0.2, -0.15) is 0 Å². The lowest BCUT2D eigenvalue weighted by Crippen LogP contribution is -2.11. The van der Waals surface area contributed by atoms with Crippen LogP contribution >= 0.6 is 11.6 Å². The van der Waals surface area contributed by atoms with Crippen LogP contribution in [-0.2, 0) is 15.9 Å². The van der Waals surface area contributed by atoms with Gasteiger partial charge in [0, 0.05) is 18.0 Å². The molecule has 0 spiro atoms. The van der Waals surface area contributed by atoms with Gasteiger partial charge in [-0.25, -0.2) is 4.21 Å². The Hall–Kier alpha value is -0.910. The van der Waals surface area contributed by atoms with Crippen molar-refractivity contribution in [3.05, 3.63) is 24.3 Å². The standard InChI is InChI=1S/C11H14ClNO3S/c12-8-2-1-3-11(14)13-9-4-6-10(7-5-9)17(15)16/h4-7H,1-3,8H2,(H,13,14)(H,15,16). The molecule has 1 atom stereocenters. The number of halogens is 1. The predicted molar refractivity (Wildman–Crippen MR) is 68.7 cm³/mol. The predicted octanol–water partition coefficient (Wildman–Crippen LogP) is 2.61. The maximum absolute atomic E-state index is 11.4. The monoisotopic (exact) mass is 275 g/mol. The first kappa shape index (κ1) is 14.2. The minimum Gasteiger partial charge on any atom is -0.326 e. The molecule has 6 heteroatoms. The van der Waals surface area contributed by atoms with Crippen molar-refractivity contribution in [1.82, 2.24) is 0 Å². The molecule has 1 amide bonds. The van der Waals surface area contributed by atoms with Crippen molar-refractivity contribution in [3.63, 3.8) is 0 Å². The molecule has 0 fully saturated rings. The van der Waals surface area contributed by atoms with E-state index < -0.39 is 11.1 Å². The number of carbonyl (C=O) groups excluding carboxylic acids is 1. The van der Waals surface area contributed by atoms with E-state index in [4.69, 9.17) is 16.2 Å². The van der Waals surface area contributed by atoms with Gasteiger partial charge in [-0.3, -0.25) is 4.79 Å². The second-order valence-electron chi connectivity index (χ2n) is 3.47. The Morgan fingerprint density at radius 2 is 1.94 bits per heavy atom. The molecule has 1 rings (SSSR count). The molecule has 4 nitrogen and oxygen atoms in total. The molecule has 0 bridgehead atoms. The van der Waals surface area contributed by atoms with Gasteiger partial charge in [0.25, 0.3) is 0 Å². The first-order chi connectivity index (χ1) is 8.13. The van der Waals surface area contributed by atoms with Crippen LogP contribution in [0.15, 0.2) is 29.2 Å². The molecule has 0 aromatic heterocycles. The zero-order chi connectivity index (χ0) is 12.7.